The summed E-state index contributed by atoms with van der Waals surface area (Å²) in [4.78, 5) is 12.2. The molecule has 0 atom stereocenters. The predicted molar refractivity (Wildman–Crippen MR) is 110 cm³/mol. The average Bonchev–Trinajstić information content (AvgIpc) is 3.06. The molecule has 146 valence electrons. The molecule has 1 amide bonds. The molecule has 2 aromatic carbocycles. The van der Waals surface area contributed by atoms with E-state index in [1.165, 1.54) is 11.8 Å². The van der Waals surface area contributed by atoms with Crippen LogP contribution in [0.25, 0.3) is 11.4 Å². The van der Waals surface area contributed by atoms with Crippen molar-refractivity contribution in [3.05, 3.63) is 57.5 Å². The van der Waals surface area contributed by atoms with E-state index in [-0.39, 0.29) is 15.9 Å². The Labute approximate surface area is 177 Å². The molecule has 1 aromatic heterocycles. The molecule has 10 heteroatoms. The number of nitrogens with one attached hydrogen (secondary N) is 1. The summed E-state index contributed by atoms with van der Waals surface area (Å²) in [6.07, 6.45) is 0. The second-order valence-corrected chi connectivity index (χ2v) is 7.88. The zero-order chi connectivity index (χ0) is 20.3. The minimum atomic E-state index is -0.856. The Bertz CT molecular complexity index is 1010. The highest BCUT2D eigenvalue weighted by Crippen LogP contribution is 2.28. The maximum absolute atomic E-state index is 13.8. The third-order valence-corrected chi connectivity index (χ3v) is 5.55. The molecule has 0 spiro atoms. The highest BCUT2D eigenvalue weighted by atomic mass is 79.9. The van der Waals surface area contributed by atoms with Crippen molar-refractivity contribution in [2.45, 2.75) is 18.6 Å². The van der Waals surface area contributed by atoms with Crippen molar-refractivity contribution in [3.8, 4) is 11.4 Å². The first-order chi connectivity index (χ1) is 13.4. The minimum Gasteiger partial charge on any atom is -0.322 e. The van der Waals surface area contributed by atoms with Gasteiger partial charge in [0, 0.05) is 27.7 Å². The summed E-state index contributed by atoms with van der Waals surface area (Å²) in [7, 11) is 0. The van der Waals surface area contributed by atoms with E-state index in [0.717, 1.165) is 11.6 Å². The Hall–Kier alpha value is -1.97. The number of carbonyl (C=O) groups excluding carboxylic acids is 1. The summed E-state index contributed by atoms with van der Waals surface area (Å²) < 4.78 is 29.0. The van der Waals surface area contributed by atoms with Crippen molar-refractivity contribution in [3.63, 3.8) is 0 Å². The van der Waals surface area contributed by atoms with Crippen molar-refractivity contribution in [2.24, 2.45) is 0 Å². The number of hydrogen-bond donors (Lipinski definition) is 1. The standard InChI is InChI=1S/C18H14BrClF2N4OS/c1-2-26-17(10-4-3-5-11(20)6-10)24-25-18(26)28-9-15(27)23-16-13(19)7-12(21)8-14(16)22/h3-8H,2,9H2,1H3,(H,23,27). The third kappa shape index (κ3) is 4.71. The molecule has 3 rings (SSSR count). The van der Waals surface area contributed by atoms with Gasteiger partial charge in [0.25, 0.3) is 0 Å². The first kappa shape index (κ1) is 20.8. The number of aromatic nitrogens is 3. The van der Waals surface area contributed by atoms with E-state index in [1.54, 1.807) is 12.1 Å². The number of thioether (sulfide) groups is 1. The zero-order valence-corrected chi connectivity index (χ0v) is 17.7. The lowest BCUT2D eigenvalue weighted by Crippen LogP contribution is -2.16. The Morgan fingerprint density at radius 1 is 1.29 bits per heavy atom. The van der Waals surface area contributed by atoms with Gasteiger partial charge in [-0.3, -0.25) is 4.79 Å². The van der Waals surface area contributed by atoms with Crippen LogP contribution in [0.1, 0.15) is 6.92 Å². The molecule has 1 N–H and O–H groups in total. The second kappa shape index (κ2) is 9.02. The van der Waals surface area contributed by atoms with E-state index in [4.69, 9.17) is 11.6 Å². The number of nitrogens with zero attached hydrogens (tertiary/aromatic N) is 3. The molecule has 0 fully saturated rings. The SMILES string of the molecule is CCn1c(SCC(=O)Nc2c(F)cc(F)cc2Br)nnc1-c1cccc(Cl)c1. The second-order valence-electron chi connectivity index (χ2n) is 5.64. The minimum absolute atomic E-state index is 0.0169. The monoisotopic (exact) mass is 486 g/mol. The van der Waals surface area contributed by atoms with Gasteiger partial charge >= 0.3 is 0 Å². The predicted octanol–water partition coefficient (Wildman–Crippen LogP) is 5.39. The number of halogens is 4. The molecular formula is C18H14BrClF2N4OS. The van der Waals surface area contributed by atoms with Crippen LogP contribution in [0.3, 0.4) is 0 Å². The molecule has 1 heterocycles. The first-order valence-electron chi connectivity index (χ1n) is 8.15. The van der Waals surface area contributed by atoms with Gasteiger partial charge in [-0.25, -0.2) is 8.78 Å². The fraction of sp³-hybridized carbons (Fsp3) is 0.167. The molecule has 5 nitrogen and oxygen atoms in total. The van der Waals surface area contributed by atoms with Crippen LogP contribution in [0.5, 0.6) is 0 Å². The molecule has 28 heavy (non-hydrogen) atoms. The van der Waals surface area contributed by atoms with Crippen LogP contribution < -0.4 is 5.32 Å². The van der Waals surface area contributed by atoms with Crippen molar-refractivity contribution < 1.29 is 13.6 Å². The Kier molecular flexibility index (Phi) is 6.69. The van der Waals surface area contributed by atoms with Crippen LogP contribution in [0.2, 0.25) is 5.02 Å². The van der Waals surface area contributed by atoms with Gasteiger partial charge in [0.05, 0.1) is 11.4 Å². The highest BCUT2D eigenvalue weighted by Gasteiger charge is 2.17. The number of anilines is 1. The van der Waals surface area contributed by atoms with Gasteiger partial charge in [0.1, 0.15) is 5.82 Å². The molecule has 0 unspecified atom stereocenters. The topological polar surface area (TPSA) is 59.8 Å². The van der Waals surface area contributed by atoms with Gasteiger partial charge in [0.15, 0.2) is 16.8 Å². The molecule has 0 aliphatic rings. The zero-order valence-electron chi connectivity index (χ0n) is 14.5. The van der Waals surface area contributed by atoms with E-state index < -0.39 is 17.5 Å². The van der Waals surface area contributed by atoms with Crippen LogP contribution in [0.4, 0.5) is 14.5 Å². The quantitative estimate of drug-likeness (QED) is 0.474. The fourth-order valence-electron chi connectivity index (χ4n) is 2.49. The van der Waals surface area contributed by atoms with Crippen LogP contribution in [0.15, 0.2) is 46.0 Å². The van der Waals surface area contributed by atoms with Gasteiger partial charge in [-0.05, 0) is 41.1 Å². The van der Waals surface area contributed by atoms with Gasteiger partial charge in [-0.15, -0.1) is 10.2 Å². The first-order valence-corrected chi connectivity index (χ1v) is 10.3. The lowest BCUT2D eigenvalue weighted by molar-refractivity contribution is -0.113. The van der Waals surface area contributed by atoms with E-state index in [1.807, 2.05) is 23.6 Å². The van der Waals surface area contributed by atoms with Gasteiger partial charge < -0.3 is 9.88 Å². The normalized spacial score (nSPS) is 10.9. The number of hydrogen-bond acceptors (Lipinski definition) is 4. The number of carbonyl (C=O) groups is 1. The molecule has 0 aliphatic carbocycles. The maximum atomic E-state index is 13.8. The van der Waals surface area contributed by atoms with Crippen molar-refractivity contribution in [1.82, 2.24) is 14.8 Å². The fourth-order valence-corrected chi connectivity index (χ4v) is 3.99. The molecule has 0 aliphatic heterocycles. The van der Waals surface area contributed by atoms with E-state index in [2.05, 4.69) is 31.4 Å². The molecule has 3 aromatic rings. The van der Waals surface area contributed by atoms with Crippen LogP contribution in [0, 0.1) is 11.6 Å². The van der Waals surface area contributed by atoms with E-state index >= 15 is 0 Å². The maximum Gasteiger partial charge on any atom is 0.234 e. The Balaban J connectivity index is 1.72. The van der Waals surface area contributed by atoms with Gasteiger partial charge in [-0.2, -0.15) is 0 Å². The largest absolute Gasteiger partial charge is 0.322 e. The molecule has 0 saturated carbocycles. The lowest BCUT2D eigenvalue weighted by atomic mass is 10.2. The molecule has 0 radical (unpaired) electrons. The Morgan fingerprint density at radius 3 is 2.75 bits per heavy atom. The highest BCUT2D eigenvalue weighted by molar-refractivity contribution is 9.10. The van der Waals surface area contributed by atoms with Crippen LogP contribution >= 0.6 is 39.3 Å². The summed E-state index contributed by atoms with van der Waals surface area (Å²) in [5.74, 6) is -1.42. The van der Waals surface area contributed by atoms with Crippen molar-refractivity contribution in [1.29, 1.82) is 0 Å². The summed E-state index contributed by atoms with van der Waals surface area (Å²) in [5.41, 5.74) is 0.707. The van der Waals surface area contributed by atoms with E-state index in [0.29, 0.717) is 28.6 Å². The van der Waals surface area contributed by atoms with Crippen molar-refractivity contribution >= 4 is 50.9 Å². The van der Waals surface area contributed by atoms with Crippen LogP contribution in [-0.4, -0.2) is 26.4 Å². The third-order valence-electron chi connectivity index (χ3n) is 3.72. The molecule has 0 saturated heterocycles. The lowest BCUT2D eigenvalue weighted by Gasteiger charge is -2.10. The number of benzene rings is 2. The van der Waals surface area contributed by atoms with Crippen molar-refractivity contribution in [2.75, 3.05) is 11.1 Å². The summed E-state index contributed by atoms with van der Waals surface area (Å²) >= 11 is 10.2. The molecular weight excluding hydrogens is 474 g/mol. The summed E-state index contributed by atoms with van der Waals surface area (Å²) in [6.45, 7) is 2.53. The van der Waals surface area contributed by atoms with Gasteiger partial charge in [0.2, 0.25) is 5.91 Å². The Morgan fingerprint density at radius 2 is 2.07 bits per heavy atom. The van der Waals surface area contributed by atoms with Gasteiger partial charge in [-0.1, -0.05) is 35.5 Å². The molecule has 0 bridgehead atoms. The summed E-state index contributed by atoms with van der Waals surface area (Å²) in [6, 6.07) is 9.03. The van der Waals surface area contributed by atoms with Crippen LogP contribution in [-0.2, 0) is 11.3 Å². The average molecular weight is 488 g/mol. The summed E-state index contributed by atoms with van der Waals surface area (Å²) in [5, 5.41) is 11.9. The van der Waals surface area contributed by atoms with E-state index in [9.17, 15) is 13.6 Å². The number of rotatable bonds is 6. The smallest absolute Gasteiger partial charge is 0.234 e. The number of amides is 1.